The van der Waals surface area contributed by atoms with Gasteiger partial charge >= 0.3 is 6.09 Å². The highest BCUT2D eigenvalue weighted by Crippen LogP contribution is 2.35. The Morgan fingerprint density at radius 1 is 1.28 bits per heavy atom. The lowest BCUT2D eigenvalue weighted by molar-refractivity contribution is 0.0219. The molecule has 1 fully saturated rings. The number of aromatic nitrogens is 3. The number of piperazine rings is 1. The van der Waals surface area contributed by atoms with E-state index in [2.05, 4.69) is 16.0 Å². The van der Waals surface area contributed by atoms with Crippen LogP contribution in [0.25, 0.3) is 16.7 Å². The number of ether oxygens (including phenoxy) is 1. The zero-order valence-corrected chi connectivity index (χ0v) is 23.9. The lowest BCUT2D eigenvalue weighted by Gasteiger charge is -2.42. The van der Waals surface area contributed by atoms with Crippen molar-refractivity contribution in [3.63, 3.8) is 0 Å². The third-order valence-electron chi connectivity index (χ3n) is 6.64. The van der Waals surface area contributed by atoms with Crippen molar-refractivity contribution in [2.24, 2.45) is 0 Å². The molecular formula is C28H32ClFN6O3. The molecule has 4 heterocycles. The number of amides is 1. The molecule has 0 spiro atoms. The van der Waals surface area contributed by atoms with Gasteiger partial charge in [-0.25, -0.2) is 14.2 Å². The standard InChI is InChI=1S/C28H32ClFN6O3/c1-15(2)21-22(16(3)8-9-32-21)36-25-18(12-20(30)24(29)33-25)23(19(13-31)26(36)37)35-11-10-34(14-17(35)4)27(38)39-28(5,6)7/h8-9,12,15,17H,10-11,14H2,1-7H3/t17-/m0/s1. The number of aryl methyl sites for hydroxylation is 1. The van der Waals surface area contributed by atoms with Crippen LogP contribution in [0.5, 0.6) is 0 Å². The van der Waals surface area contributed by atoms with Gasteiger partial charge in [0.05, 0.1) is 17.1 Å². The molecular weight excluding hydrogens is 523 g/mol. The second-order valence-electron chi connectivity index (χ2n) is 11.1. The first-order chi connectivity index (χ1) is 18.2. The van der Waals surface area contributed by atoms with Crippen LogP contribution in [-0.4, -0.2) is 56.8 Å². The van der Waals surface area contributed by atoms with Crippen LogP contribution in [0, 0.1) is 24.1 Å². The van der Waals surface area contributed by atoms with Gasteiger partial charge in [0.1, 0.15) is 17.2 Å². The van der Waals surface area contributed by atoms with Gasteiger partial charge in [-0.2, -0.15) is 5.26 Å². The fraction of sp³-hybridized carbons (Fsp3) is 0.464. The number of carbonyl (C=O) groups is 1. The summed E-state index contributed by atoms with van der Waals surface area (Å²) in [7, 11) is 0. The second kappa shape index (κ2) is 10.5. The number of anilines is 1. The molecule has 1 saturated heterocycles. The van der Waals surface area contributed by atoms with Crippen molar-refractivity contribution in [2.45, 2.75) is 66.0 Å². The Balaban J connectivity index is 1.95. The van der Waals surface area contributed by atoms with E-state index in [0.717, 1.165) is 5.56 Å². The number of fused-ring (bicyclic) bond motifs is 1. The summed E-state index contributed by atoms with van der Waals surface area (Å²) in [4.78, 5) is 39.0. The third kappa shape index (κ3) is 5.28. The molecule has 0 unspecified atom stereocenters. The maximum Gasteiger partial charge on any atom is 0.410 e. The molecule has 0 N–H and O–H groups in total. The topological polar surface area (TPSA) is 104 Å². The maximum atomic E-state index is 14.9. The van der Waals surface area contributed by atoms with Crippen molar-refractivity contribution >= 4 is 34.4 Å². The molecule has 39 heavy (non-hydrogen) atoms. The number of carbonyl (C=O) groups excluding carboxylic acids is 1. The van der Waals surface area contributed by atoms with E-state index in [4.69, 9.17) is 16.3 Å². The monoisotopic (exact) mass is 554 g/mol. The first kappa shape index (κ1) is 28.3. The molecule has 1 amide bonds. The van der Waals surface area contributed by atoms with Gasteiger partial charge in [0.15, 0.2) is 16.6 Å². The summed E-state index contributed by atoms with van der Waals surface area (Å²) < 4.78 is 21.8. The Labute approximate surface area is 231 Å². The molecule has 0 bridgehead atoms. The lowest BCUT2D eigenvalue weighted by Crippen LogP contribution is -2.55. The van der Waals surface area contributed by atoms with Gasteiger partial charge in [-0.05, 0) is 58.2 Å². The number of nitrogens with zero attached hydrogens (tertiary/aromatic N) is 6. The predicted molar refractivity (Wildman–Crippen MR) is 148 cm³/mol. The fourth-order valence-corrected chi connectivity index (χ4v) is 5.05. The second-order valence-corrected chi connectivity index (χ2v) is 11.5. The molecule has 3 aromatic rings. The number of rotatable bonds is 3. The van der Waals surface area contributed by atoms with Crippen LogP contribution >= 0.6 is 11.6 Å². The molecule has 0 aromatic carbocycles. The Morgan fingerprint density at radius 2 is 1.97 bits per heavy atom. The van der Waals surface area contributed by atoms with Crippen LogP contribution in [-0.2, 0) is 4.74 Å². The summed E-state index contributed by atoms with van der Waals surface area (Å²) in [6.07, 6.45) is 1.22. The zero-order chi connectivity index (χ0) is 28.8. The van der Waals surface area contributed by atoms with E-state index in [-0.39, 0.29) is 52.5 Å². The van der Waals surface area contributed by atoms with Crippen molar-refractivity contribution in [2.75, 3.05) is 24.5 Å². The highest BCUT2D eigenvalue weighted by Gasteiger charge is 2.34. The summed E-state index contributed by atoms with van der Waals surface area (Å²) in [5, 5.41) is 10.1. The molecule has 0 saturated carbocycles. The Morgan fingerprint density at radius 3 is 2.56 bits per heavy atom. The molecule has 0 radical (unpaired) electrons. The molecule has 3 aromatic heterocycles. The van der Waals surface area contributed by atoms with Gasteiger partial charge in [-0.15, -0.1) is 0 Å². The highest BCUT2D eigenvalue weighted by molar-refractivity contribution is 6.30. The number of nitriles is 1. The van der Waals surface area contributed by atoms with Crippen LogP contribution in [0.15, 0.2) is 23.1 Å². The molecule has 4 rings (SSSR count). The molecule has 9 nitrogen and oxygen atoms in total. The summed E-state index contributed by atoms with van der Waals surface area (Å²) >= 11 is 6.13. The highest BCUT2D eigenvalue weighted by atomic mass is 35.5. The van der Waals surface area contributed by atoms with Gasteiger partial charge in [0, 0.05) is 37.3 Å². The SMILES string of the molecule is Cc1ccnc(C(C)C)c1-n1c(=O)c(C#N)c(N2CCN(C(=O)OC(C)(C)C)C[C@@H]2C)c2cc(F)c(Cl)nc21. The van der Waals surface area contributed by atoms with Crippen LogP contribution in [0.1, 0.15) is 64.3 Å². The van der Waals surface area contributed by atoms with Gasteiger partial charge in [-0.3, -0.25) is 14.3 Å². The van der Waals surface area contributed by atoms with Gasteiger partial charge in [0.2, 0.25) is 0 Å². The number of hydrogen-bond acceptors (Lipinski definition) is 7. The van der Waals surface area contributed by atoms with Crippen molar-refractivity contribution in [1.82, 2.24) is 19.4 Å². The molecule has 0 aliphatic carbocycles. The molecule has 1 aliphatic heterocycles. The predicted octanol–water partition coefficient (Wildman–Crippen LogP) is 5.32. The third-order valence-corrected chi connectivity index (χ3v) is 6.90. The summed E-state index contributed by atoms with van der Waals surface area (Å²) in [6.45, 7) is 13.9. The Kier molecular flexibility index (Phi) is 7.59. The van der Waals surface area contributed by atoms with Crippen molar-refractivity contribution in [3.8, 4) is 11.8 Å². The van der Waals surface area contributed by atoms with Gasteiger partial charge in [0.25, 0.3) is 5.56 Å². The quantitative estimate of drug-likeness (QED) is 0.403. The Hall–Kier alpha value is -3.71. The lowest BCUT2D eigenvalue weighted by atomic mass is 10.0. The average Bonchev–Trinajstić information content (AvgIpc) is 2.84. The number of pyridine rings is 3. The van der Waals surface area contributed by atoms with E-state index in [1.54, 1.807) is 37.9 Å². The van der Waals surface area contributed by atoms with Crippen LogP contribution in [0.2, 0.25) is 5.15 Å². The Bertz CT molecular complexity index is 1560. The van der Waals surface area contributed by atoms with Crippen LogP contribution in [0.3, 0.4) is 0 Å². The van der Waals surface area contributed by atoms with E-state index >= 15 is 0 Å². The normalized spacial score (nSPS) is 16.1. The minimum absolute atomic E-state index is 0.0519. The maximum absolute atomic E-state index is 14.9. The average molecular weight is 555 g/mol. The smallest absolute Gasteiger partial charge is 0.410 e. The largest absolute Gasteiger partial charge is 0.444 e. The van der Waals surface area contributed by atoms with E-state index in [9.17, 15) is 19.2 Å². The van der Waals surface area contributed by atoms with Gasteiger partial charge < -0.3 is 14.5 Å². The first-order valence-corrected chi connectivity index (χ1v) is 13.2. The van der Waals surface area contributed by atoms with E-state index in [0.29, 0.717) is 17.9 Å². The van der Waals surface area contributed by atoms with Crippen molar-refractivity contribution in [1.29, 1.82) is 5.26 Å². The minimum atomic E-state index is -0.772. The number of halogens is 2. The number of hydrogen-bond donors (Lipinski definition) is 0. The minimum Gasteiger partial charge on any atom is -0.444 e. The van der Waals surface area contributed by atoms with Crippen LogP contribution < -0.4 is 10.5 Å². The summed E-state index contributed by atoms with van der Waals surface area (Å²) in [6, 6.07) is 4.73. The first-order valence-electron chi connectivity index (χ1n) is 12.8. The fourth-order valence-electron chi connectivity index (χ4n) is 4.92. The zero-order valence-electron chi connectivity index (χ0n) is 23.2. The van der Waals surface area contributed by atoms with Crippen molar-refractivity contribution in [3.05, 3.63) is 56.5 Å². The molecule has 206 valence electrons. The summed E-state index contributed by atoms with van der Waals surface area (Å²) in [5.41, 5.74) is 0.862. The summed E-state index contributed by atoms with van der Waals surface area (Å²) in [5.74, 6) is -0.824. The van der Waals surface area contributed by atoms with Gasteiger partial charge in [-0.1, -0.05) is 25.4 Å². The molecule has 11 heteroatoms. The van der Waals surface area contributed by atoms with E-state index < -0.39 is 23.1 Å². The molecule has 1 atom stereocenters. The van der Waals surface area contributed by atoms with E-state index in [1.807, 2.05) is 32.6 Å². The van der Waals surface area contributed by atoms with E-state index in [1.165, 1.54) is 10.6 Å². The molecule has 1 aliphatic rings. The van der Waals surface area contributed by atoms with Crippen molar-refractivity contribution < 1.29 is 13.9 Å². The van der Waals surface area contributed by atoms with Crippen LogP contribution in [0.4, 0.5) is 14.9 Å².